The second kappa shape index (κ2) is 10.9. The smallest absolute Gasteiger partial charge is 0.232 e. The molecule has 0 aromatic heterocycles. The molecule has 0 aliphatic heterocycles. The molecule has 2 rings (SSSR count). The van der Waals surface area contributed by atoms with E-state index in [4.69, 9.17) is 9.47 Å². The Bertz CT molecular complexity index is 932. The normalized spacial score (nSPS) is 12.1. The quantitative estimate of drug-likeness (QED) is 0.587. The van der Waals surface area contributed by atoms with Gasteiger partial charge in [0.25, 0.3) is 0 Å². The number of hydrogen-bond acceptors (Lipinski definition) is 5. The van der Waals surface area contributed by atoms with Crippen molar-refractivity contribution in [3.63, 3.8) is 0 Å². The minimum absolute atomic E-state index is 0.0986. The Labute approximate surface area is 179 Å². The molecule has 2 aromatic rings. The summed E-state index contributed by atoms with van der Waals surface area (Å²) in [6.07, 6.45) is 1.78. The van der Waals surface area contributed by atoms with Crippen LogP contribution in [0.3, 0.4) is 0 Å². The lowest BCUT2D eigenvalue weighted by atomic mass is 10.0. The van der Waals surface area contributed by atoms with Gasteiger partial charge in [-0.2, -0.15) is 0 Å². The maximum Gasteiger partial charge on any atom is 0.232 e. The Morgan fingerprint density at radius 2 is 1.73 bits per heavy atom. The number of methoxy groups -OCH3 is 2. The number of ether oxygens (including phenoxy) is 2. The Kier molecular flexibility index (Phi) is 8.53. The van der Waals surface area contributed by atoms with Crippen molar-refractivity contribution in [2.45, 2.75) is 25.7 Å². The lowest BCUT2D eigenvalue weighted by Crippen LogP contribution is -2.32. The van der Waals surface area contributed by atoms with Gasteiger partial charge in [0.2, 0.25) is 15.9 Å². The molecular formula is C22H30N2O5S. The second-order valence-corrected chi connectivity index (χ2v) is 9.00. The fraction of sp³-hybridized carbons (Fsp3) is 0.409. The molecule has 2 aromatic carbocycles. The summed E-state index contributed by atoms with van der Waals surface area (Å²) in [5.41, 5.74) is 1.63. The van der Waals surface area contributed by atoms with Crippen LogP contribution in [0.5, 0.6) is 11.5 Å². The fourth-order valence-corrected chi connectivity index (χ4v) is 4.06. The number of nitrogens with zero attached hydrogens (tertiary/aromatic N) is 1. The third-order valence-corrected chi connectivity index (χ3v) is 5.99. The first-order valence-electron chi connectivity index (χ1n) is 9.77. The first kappa shape index (κ1) is 23.5. The molecule has 1 atom stereocenters. The monoisotopic (exact) mass is 434 g/mol. The van der Waals surface area contributed by atoms with E-state index in [2.05, 4.69) is 12.2 Å². The average Bonchev–Trinajstić information content (AvgIpc) is 2.74. The molecule has 0 aliphatic rings. The molecule has 30 heavy (non-hydrogen) atoms. The van der Waals surface area contributed by atoms with E-state index in [1.807, 2.05) is 30.3 Å². The zero-order chi connectivity index (χ0) is 22.1. The van der Waals surface area contributed by atoms with Crippen LogP contribution in [0.4, 0.5) is 5.69 Å². The lowest BCUT2D eigenvalue weighted by Gasteiger charge is -2.23. The molecule has 8 heteroatoms. The van der Waals surface area contributed by atoms with Gasteiger partial charge in [-0.15, -0.1) is 0 Å². The van der Waals surface area contributed by atoms with E-state index in [1.54, 1.807) is 18.2 Å². The highest BCUT2D eigenvalue weighted by Crippen LogP contribution is 2.32. The summed E-state index contributed by atoms with van der Waals surface area (Å²) in [4.78, 5) is 12.2. The van der Waals surface area contributed by atoms with Crippen molar-refractivity contribution in [3.8, 4) is 11.5 Å². The van der Waals surface area contributed by atoms with E-state index >= 15 is 0 Å². The Balaban J connectivity index is 1.93. The molecule has 0 saturated heterocycles. The van der Waals surface area contributed by atoms with E-state index < -0.39 is 10.0 Å². The standard InChI is InChI=1S/C22H30N2O5S/c1-17(18-9-6-5-7-10-18)16-23-22(25)11-8-14-24(30(4,26)27)19-12-13-20(28-2)21(15-19)29-3/h5-7,9-10,12-13,15,17H,8,11,14,16H2,1-4H3,(H,23,25). The van der Waals surface area contributed by atoms with Crippen molar-refractivity contribution in [3.05, 3.63) is 54.1 Å². The van der Waals surface area contributed by atoms with Crippen LogP contribution >= 0.6 is 0 Å². The van der Waals surface area contributed by atoms with Crippen LogP contribution in [-0.4, -0.2) is 47.9 Å². The van der Waals surface area contributed by atoms with Gasteiger partial charge >= 0.3 is 0 Å². The zero-order valence-electron chi connectivity index (χ0n) is 17.9. The summed E-state index contributed by atoms with van der Waals surface area (Å²) in [6.45, 7) is 2.78. The van der Waals surface area contributed by atoms with E-state index in [-0.39, 0.29) is 24.8 Å². The number of carbonyl (C=O) groups excluding carboxylic acids is 1. The fourth-order valence-electron chi connectivity index (χ4n) is 3.10. The lowest BCUT2D eigenvalue weighted by molar-refractivity contribution is -0.121. The van der Waals surface area contributed by atoms with Gasteiger partial charge in [0.05, 0.1) is 26.2 Å². The van der Waals surface area contributed by atoms with E-state index in [1.165, 1.54) is 18.5 Å². The van der Waals surface area contributed by atoms with E-state index in [0.717, 1.165) is 11.8 Å². The SMILES string of the molecule is COc1ccc(N(CCCC(=O)NCC(C)c2ccccc2)S(C)(=O)=O)cc1OC. The molecule has 0 fully saturated rings. The molecular weight excluding hydrogens is 404 g/mol. The number of amides is 1. The molecule has 0 saturated carbocycles. The summed E-state index contributed by atoms with van der Waals surface area (Å²) in [6, 6.07) is 14.9. The summed E-state index contributed by atoms with van der Waals surface area (Å²) in [5.74, 6) is 1.06. The minimum Gasteiger partial charge on any atom is -0.493 e. The van der Waals surface area contributed by atoms with Crippen molar-refractivity contribution in [2.75, 3.05) is 37.9 Å². The van der Waals surface area contributed by atoms with Crippen LogP contribution < -0.4 is 19.1 Å². The van der Waals surface area contributed by atoms with Crippen LogP contribution in [-0.2, 0) is 14.8 Å². The average molecular weight is 435 g/mol. The highest BCUT2D eigenvalue weighted by Gasteiger charge is 2.19. The second-order valence-electron chi connectivity index (χ2n) is 7.09. The topological polar surface area (TPSA) is 84.9 Å². The molecule has 1 amide bonds. The van der Waals surface area contributed by atoms with Crippen molar-refractivity contribution in [1.29, 1.82) is 0 Å². The third-order valence-electron chi connectivity index (χ3n) is 4.79. The van der Waals surface area contributed by atoms with Gasteiger partial charge in [-0.3, -0.25) is 9.10 Å². The van der Waals surface area contributed by atoms with Crippen LogP contribution in [0.15, 0.2) is 48.5 Å². The van der Waals surface area contributed by atoms with Crippen LogP contribution in [0.2, 0.25) is 0 Å². The summed E-state index contributed by atoms with van der Waals surface area (Å²) >= 11 is 0. The molecule has 0 bridgehead atoms. The molecule has 0 heterocycles. The first-order chi connectivity index (χ1) is 14.3. The number of nitrogens with one attached hydrogen (secondary N) is 1. The third kappa shape index (κ3) is 6.66. The van der Waals surface area contributed by atoms with Gasteiger partial charge < -0.3 is 14.8 Å². The summed E-state index contributed by atoms with van der Waals surface area (Å²) in [5, 5.41) is 2.92. The van der Waals surface area contributed by atoms with Gasteiger partial charge in [0, 0.05) is 25.6 Å². The Hall–Kier alpha value is -2.74. The highest BCUT2D eigenvalue weighted by atomic mass is 32.2. The predicted molar refractivity (Wildman–Crippen MR) is 119 cm³/mol. The van der Waals surface area contributed by atoms with Gasteiger partial charge in [0.15, 0.2) is 11.5 Å². The van der Waals surface area contributed by atoms with Crippen molar-refractivity contribution < 1.29 is 22.7 Å². The van der Waals surface area contributed by atoms with Crippen molar-refractivity contribution in [2.24, 2.45) is 0 Å². The molecule has 0 spiro atoms. The predicted octanol–water partition coefficient (Wildman–Crippen LogP) is 3.17. The summed E-state index contributed by atoms with van der Waals surface area (Å²) < 4.78 is 36.3. The van der Waals surface area contributed by atoms with E-state index in [0.29, 0.717) is 30.2 Å². The Morgan fingerprint density at radius 1 is 1.07 bits per heavy atom. The molecule has 164 valence electrons. The minimum atomic E-state index is -3.52. The number of benzene rings is 2. The molecule has 1 N–H and O–H groups in total. The summed E-state index contributed by atoms with van der Waals surface area (Å²) in [7, 11) is -0.507. The highest BCUT2D eigenvalue weighted by molar-refractivity contribution is 7.92. The van der Waals surface area contributed by atoms with Gasteiger partial charge in [-0.05, 0) is 30.0 Å². The van der Waals surface area contributed by atoms with Crippen LogP contribution in [0.25, 0.3) is 0 Å². The van der Waals surface area contributed by atoms with Gasteiger partial charge in [0.1, 0.15) is 0 Å². The first-order valence-corrected chi connectivity index (χ1v) is 11.6. The molecule has 0 radical (unpaired) electrons. The maximum absolute atomic E-state index is 12.3. The van der Waals surface area contributed by atoms with Crippen molar-refractivity contribution in [1.82, 2.24) is 5.32 Å². The van der Waals surface area contributed by atoms with Gasteiger partial charge in [-0.1, -0.05) is 37.3 Å². The maximum atomic E-state index is 12.3. The number of sulfonamides is 1. The molecule has 7 nitrogen and oxygen atoms in total. The van der Waals surface area contributed by atoms with Gasteiger partial charge in [-0.25, -0.2) is 8.42 Å². The number of carbonyl (C=O) groups is 1. The zero-order valence-corrected chi connectivity index (χ0v) is 18.7. The van der Waals surface area contributed by atoms with E-state index in [9.17, 15) is 13.2 Å². The Morgan fingerprint density at radius 3 is 2.33 bits per heavy atom. The number of anilines is 1. The molecule has 1 unspecified atom stereocenters. The van der Waals surface area contributed by atoms with Crippen LogP contribution in [0.1, 0.15) is 31.2 Å². The number of rotatable bonds is 11. The molecule has 0 aliphatic carbocycles. The number of hydrogen-bond donors (Lipinski definition) is 1. The van der Waals surface area contributed by atoms with Crippen molar-refractivity contribution >= 4 is 21.6 Å². The largest absolute Gasteiger partial charge is 0.493 e. The van der Waals surface area contributed by atoms with Crippen LogP contribution in [0, 0.1) is 0 Å².